The smallest absolute Gasteiger partial charge is 0.306 e. The molecule has 0 bridgehead atoms. The Kier molecular flexibility index (Phi) is 7.44. The zero-order valence-corrected chi connectivity index (χ0v) is 22.4. The number of nitrogens with zero attached hydrogens (tertiary/aromatic N) is 2. The average molecular weight is 530 g/mol. The van der Waals surface area contributed by atoms with Gasteiger partial charge in [-0.1, -0.05) is 6.07 Å². The number of anilines is 1. The van der Waals surface area contributed by atoms with Crippen LogP contribution in [-0.4, -0.2) is 36.8 Å². The molecule has 184 valence electrons. The van der Waals surface area contributed by atoms with Crippen molar-refractivity contribution in [3.63, 3.8) is 0 Å². The van der Waals surface area contributed by atoms with E-state index in [2.05, 4.69) is 31.8 Å². The summed E-state index contributed by atoms with van der Waals surface area (Å²) >= 11 is 3.30. The summed E-state index contributed by atoms with van der Waals surface area (Å²) in [6.07, 6.45) is 5.74. The molecule has 3 aromatic heterocycles. The minimum absolute atomic E-state index is 0.216. The zero-order chi connectivity index (χ0) is 25.2. The summed E-state index contributed by atoms with van der Waals surface area (Å²) in [4.78, 5) is 18.6. The second-order valence-electron chi connectivity index (χ2n) is 8.14. The molecule has 0 saturated heterocycles. The van der Waals surface area contributed by atoms with Crippen LogP contribution in [0.3, 0.4) is 0 Å². The number of rotatable bonds is 9. The van der Waals surface area contributed by atoms with Crippen LogP contribution in [0.2, 0.25) is 0 Å². The van der Waals surface area contributed by atoms with E-state index < -0.39 is 10.0 Å². The highest BCUT2D eigenvalue weighted by atomic mass is 32.2. The molecule has 3 heterocycles. The summed E-state index contributed by atoms with van der Waals surface area (Å²) in [7, 11) is -3.37. The molecular formula is C25H27N3O4S3. The lowest BCUT2D eigenvalue weighted by atomic mass is 9.95. The minimum Gasteiger partial charge on any atom is -0.466 e. The number of imidazole rings is 1. The lowest BCUT2D eigenvalue weighted by molar-refractivity contribution is -0.143. The Morgan fingerprint density at radius 1 is 1.17 bits per heavy atom. The normalized spacial score (nSPS) is 11.5. The van der Waals surface area contributed by atoms with E-state index in [1.165, 1.54) is 0 Å². The lowest BCUT2D eigenvalue weighted by Crippen LogP contribution is -2.09. The maximum absolute atomic E-state index is 12.1. The SMILES string of the molecule is CCOC(=O)CCc1scc(-c2ccc(-n3ccnc3C)s2)c1-c1ccc(NS(C)(=O)=O)cc1C. The largest absolute Gasteiger partial charge is 0.466 e. The topological polar surface area (TPSA) is 90.3 Å². The van der Waals surface area contributed by atoms with E-state index in [0.717, 1.165) is 49.1 Å². The van der Waals surface area contributed by atoms with Crippen molar-refractivity contribution in [1.82, 2.24) is 9.55 Å². The fraction of sp³-hybridized carbons (Fsp3) is 0.280. The van der Waals surface area contributed by atoms with Crippen molar-refractivity contribution in [2.45, 2.75) is 33.6 Å². The van der Waals surface area contributed by atoms with Crippen LogP contribution in [0, 0.1) is 13.8 Å². The van der Waals surface area contributed by atoms with Gasteiger partial charge in [0.2, 0.25) is 10.0 Å². The molecule has 35 heavy (non-hydrogen) atoms. The number of hydrogen-bond donors (Lipinski definition) is 1. The molecule has 0 fully saturated rings. The van der Waals surface area contributed by atoms with Crippen LogP contribution < -0.4 is 4.72 Å². The van der Waals surface area contributed by atoms with Gasteiger partial charge in [0.25, 0.3) is 0 Å². The van der Waals surface area contributed by atoms with Gasteiger partial charge in [-0.15, -0.1) is 22.7 Å². The zero-order valence-electron chi connectivity index (χ0n) is 20.0. The quantitative estimate of drug-likeness (QED) is 0.276. The molecule has 0 aliphatic heterocycles. The molecule has 0 spiro atoms. The van der Waals surface area contributed by atoms with Crippen LogP contribution in [0.4, 0.5) is 5.69 Å². The third-order valence-corrected chi connectivity index (χ3v) is 8.22. The molecule has 4 aromatic rings. The number of ether oxygens (including phenoxy) is 1. The Hall–Kier alpha value is -2.95. The molecule has 0 aliphatic rings. The summed E-state index contributed by atoms with van der Waals surface area (Å²) in [5.41, 5.74) is 4.63. The minimum atomic E-state index is -3.37. The second kappa shape index (κ2) is 10.3. The lowest BCUT2D eigenvalue weighted by Gasteiger charge is -2.13. The predicted molar refractivity (Wildman–Crippen MR) is 143 cm³/mol. The Morgan fingerprint density at radius 2 is 1.97 bits per heavy atom. The summed E-state index contributed by atoms with van der Waals surface area (Å²) < 4.78 is 33.1. The van der Waals surface area contributed by atoms with Gasteiger partial charge in [0.15, 0.2) is 0 Å². The number of aryl methyl sites for hydroxylation is 3. The third-order valence-electron chi connectivity index (χ3n) is 5.45. The van der Waals surface area contributed by atoms with Crippen LogP contribution >= 0.6 is 22.7 Å². The molecule has 1 aromatic carbocycles. The van der Waals surface area contributed by atoms with Crippen molar-refractivity contribution in [2.24, 2.45) is 0 Å². The highest BCUT2D eigenvalue weighted by molar-refractivity contribution is 7.92. The van der Waals surface area contributed by atoms with Gasteiger partial charge in [0.1, 0.15) is 10.8 Å². The van der Waals surface area contributed by atoms with Crippen molar-refractivity contribution in [2.75, 3.05) is 17.6 Å². The van der Waals surface area contributed by atoms with Crippen LogP contribution in [0.5, 0.6) is 0 Å². The first kappa shape index (κ1) is 25.2. The predicted octanol–water partition coefficient (Wildman–Crippen LogP) is 5.81. The summed E-state index contributed by atoms with van der Waals surface area (Å²) in [5.74, 6) is 0.704. The Morgan fingerprint density at radius 3 is 2.63 bits per heavy atom. The van der Waals surface area contributed by atoms with E-state index in [1.54, 1.807) is 41.9 Å². The van der Waals surface area contributed by atoms with E-state index in [0.29, 0.717) is 25.1 Å². The molecule has 10 heteroatoms. The van der Waals surface area contributed by atoms with E-state index in [9.17, 15) is 13.2 Å². The van der Waals surface area contributed by atoms with E-state index >= 15 is 0 Å². The van der Waals surface area contributed by atoms with Crippen LogP contribution in [0.25, 0.3) is 26.6 Å². The molecule has 0 atom stereocenters. The van der Waals surface area contributed by atoms with Crippen LogP contribution in [-0.2, 0) is 26.0 Å². The highest BCUT2D eigenvalue weighted by Gasteiger charge is 2.20. The molecule has 0 radical (unpaired) electrons. The van der Waals surface area contributed by atoms with Crippen molar-refractivity contribution in [3.8, 4) is 26.6 Å². The first-order valence-corrected chi connectivity index (χ1v) is 14.7. The van der Waals surface area contributed by atoms with E-state index in [1.807, 2.05) is 32.2 Å². The fourth-order valence-corrected chi connectivity index (χ4v) is 6.69. The standard InChI is InChI=1S/C25H27N3O4S3/c1-5-32-24(29)11-9-22-25(19-7-6-18(14-16(19)2)27-35(4,30)31)20(15-33-22)21-8-10-23(34-21)28-13-12-26-17(28)3/h6-8,10,12-15,27H,5,9,11H2,1-4H3. The molecule has 0 amide bonds. The number of benzene rings is 1. The number of aromatic nitrogens is 2. The Balaban J connectivity index is 1.77. The summed E-state index contributed by atoms with van der Waals surface area (Å²) in [6, 6.07) is 9.74. The third kappa shape index (κ3) is 5.83. The van der Waals surface area contributed by atoms with Crippen molar-refractivity contribution >= 4 is 44.4 Å². The van der Waals surface area contributed by atoms with Gasteiger partial charge in [-0.05, 0) is 62.6 Å². The Bertz CT molecular complexity index is 1460. The van der Waals surface area contributed by atoms with E-state index in [4.69, 9.17) is 4.74 Å². The van der Waals surface area contributed by atoms with Gasteiger partial charge >= 0.3 is 5.97 Å². The first-order valence-electron chi connectivity index (χ1n) is 11.1. The number of esters is 1. The van der Waals surface area contributed by atoms with Gasteiger partial charge in [0.05, 0.1) is 19.3 Å². The molecule has 0 aliphatic carbocycles. The highest BCUT2D eigenvalue weighted by Crippen LogP contribution is 2.44. The maximum atomic E-state index is 12.1. The molecule has 0 unspecified atom stereocenters. The monoisotopic (exact) mass is 529 g/mol. The second-order valence-corrected chi connectivity index (χ2v) is 11.9. The van der Waals surface area contributed by atoms with Gasteiger partial charge in [-0.3, -0.25) is 14.1 Å². The summed E-state index contributed by atoms with van der Waals surface area (Å²) in [5, 5.41) is 3.21. The van der Waals surface area contributed by atoms with Crippen LogP contribution in [0.1, 0.15) is 29.6 Å². The van der Waals surface area contributed by atoms with Gasteiger partial charge < -0.3 is 4.74 Å². The van der Waals surface area contributed by atoms with Gasteiger partial charge in [-0.2, -0.15) is 0 Å². The number of nitrogens with one attached hydrogen (secondary N) is 1. The molecule has 1 N–H and O–H groups in total. The number of carbonyl (C=O) groups excluding carboxylic acids is 1. The Labute approximate surface area is 213 Å². The number of sulfonamides is 1. The maximum Gasteiger partial charge on any atom is 0.306 e. The molecule has 7 nitrogen and oxygen atoms in total. The number of carbonyl (C=O) groups is 1. The molecule has 0 saturated carbocycles. The number of hydrogen-bond acceptors (Lipinski definition) is 7. The van der Waals surface area contributed by atoms with Crippen LogP contribution in [0.15, 0.2) is 48.1 Å². The van der Waals surface area contributed by atoms with Crippen molar-refractivity contribution < 1.29 is 17.9 Å². The molecular weight excluding hydrogens is 502 g/mol. The average Bonchev–Trinajstić information content (AvgIpc) is 3.50. The molecule has 4 rings (SSSR count). The summed E-state index contributed by atoms with van der Waals surface area (Å²) in [6.45, 7) is 6.10. The van der Waals surface area contributed by atoms with Gasteiger partial charge in [-0.25, -0.2) is 13.4 Å². The van der Waals surface area contributed by atoms with Gasteiger partial charge in [0, 0.05) is 44.3 Å². The first-order chi connectivity index (χ1) is 16.7. The van der Waals surface area contributed by atoms with Crippen molar-refractivity contribution in [3.05, 3.63) is 64.4 Å². The van der Waals surface area contributed by atoms with E-state index in [-0.39, 0.29) is 5.97 Å². The fourth-order valence-electron chi connectivity index (χ4n) is 3.94. The van der Waals surface area contributed by atoms with Crippen molar-refractivity contribution in [1.29, 1.82) is 0 Å². The number of thiophene rings is 2.